The van der Waals surface area contributed by atoms with Gasteiger partial charge in [-0.1, -0.05) is 65.1 Å². The fourth-order valence-corrected chi connectivity index (χ4v) is 2.64. The van der Waals surface area contributed by atoms with Gasteiger partial charge in [-0.05, 0) is 12.2 Å². The highest BCUT2D eigenvalue weighted by molar-refractivity contribution is 6.51. The molecule has 0 heterocycles. The van der Waals surface area contributed by atoms with Crippen molar-refractivity contribution < 1.29 is 4.79 Å². The average Bonchev–Trinajstić information content (AvgIpc) is 2.26. The minimum atomic E-state index is -1.11. The van der Waals surface area contributed by atoms with Crippen molar-refractivity contribution in [3.05, 3.63) is 58.7 Å². The molecule has 0 N–H and O–H groups in total. The molecule has 88 valence electrons. The van der Waals surface area contributed by atoms with Crippen molar-refractivity contribution in [3.8, 4) is 0 Å². The monoisotopic (exact) mass is 286 g/mol. The maximum Gasteiger partial charge on any atom is 0.189 e. The molecule has 17 heavy (non-hydrogen) atoms. The van der Waals surface area contributed by atoms with E-state index in [1.807, 2.05) is 18.2 Å². The normalized spacial score (nSPS) is 18.3. The molecule has 0 radical (unpaired) electrons. The van der Waals surface area contributed by atoms with Crippen LogP contribution in [0.3, 0.4) is 0 Å². The molecular formula is C13H9Cl3O. The predicted molar refractivity (Wildman–Crippen MR) is 71.8 cm³/mol. The second-order valence-electron chi connectivity index (χ2n) is 3.83. The van der Waals surface area contributed by atoms with Crippen LogP contribution >= 0.6 is 34.8 Å². The lowest BCUT2D eigenvalue weighted by Crippen LogP contribution is -2.18. The topological polar surface area (TPSA) is 17.1 Å². The highest BCUT2D eigenvalue weighted by atomic mass is 35.5. The van der Waals surface area contributed by atoms with Crippen molar-refractivity contribution in [2.24, 2.45) is 0 Å². The van der Waals surface area contributed by atoms with E-state index in [-0.39, 0.29) is 12.2 Å². The number of halogens is 3. The van der Waals surface area contributed by atoms with Crippen molar-refractivity contribution >= 4 is 40.6 Å². The smallest absolute Gasteiger partial charge is 0.189 e. The summed E-state index contributed by atoms with van der Waals surface area (Å²) in [5.41, 5.74) is 1.13. The molecule has 0 amide bonds. The zero-order valence-corrected chi connectivity index (χ0v) is 11.1. The molecule has 0 atom stereocenters. The molecule has 0 fully saturated rings. The Morgan fingerprint density at radius 3 is 2.41 bits per heavy atom. The summed E-state index contributed by atoms with van der Waals surface area (Å²) in [7, 11) is 0. The van der Waals surface area contributed by atoms with E-state index in [4.69, 9.17) is 34.8 Å². The van der Waals surface area contributed by atoms with Gasteiger partial charge in [0.05, 0.1) is 0 Å². The molecule has 1 nitrogen and oxygen atoms in total. The summed E-state index contributed by atoms with van der Waals surface area (Å²) in [5.74, 6) is -0.0949. The predicted octanol–water partition coefficient (Wildman–Crippen LogP) is 4.50. The fraction of sp³-hybridized carbons (Fsp3) is 0.154. The molecule has 0 bridgehead atoms. The van der Waals surface area contributed by atoms with Crippen LogP contribution in [0.1, 0.15) is 16.8 Å². The van der Waals surface area contributed by atoms with E-state index in [0.717, 1.165) is 0 Å². The summed E-state index contributed by atoms with van der Waals surface area (Å²) < 4.78 is -1.11. The van der Waals surface area contributed by atoms with Crippen LogP contribution in [0.25, 0.3) is 0 Å². The van der Waals surface area contributed by atoms with Crippen molar-refractivity contribution in [3.63, 3.8) is 0 Å². The number of rotatable bonds is 2. The van der Waals surface area contributed by atoms with E-state index in [9.17, 15) is 4.79 Å². The summed E-state index contributed by atoms with van der Waals surface area (Å²) in [6, 6.07) is 8.97. The van der Waals surface area contributed by atoms with Crippen LogP contribution in [0.5, 0.6) is 0 Å². The number of allylic oxidation sites excluding steroid dienone is 4. The third kappa shape index (κ3) is 3.12. The zero-order valence-electron chi connectivity index (χ0n) is 8.79. The SMILES string of the molecule is O=C(C1=CC(Cl)=CC(Cl)(Cl)C1)c1ccccc1. The molecule has 1 aromatic rings. The lowest BCUT2D eigenvalue weighted by molar-refractivity contribution is 0.103. The number of hydrogen-bond donors (Lipinski definition) is 0. The maximum atomic E-state index is 12.2. The molecule has 0 spiro atoms. The first-order chi connectivity index (χ1) is 7.98. The first-order valence-electron chi connectivity index (χ1n) is 5.04. The van der Waals surface area contributed by atoms with Gasteiger partial charge in [-0.15, -0.1) is 0 Å². The molecule has 2 rings (SSSR count). The number of carbonyl (C=O) groups excluding carboxylic acids is 1. The number of Topliss-reactive ketones (excluding diaryl/α,β-unsaturated/α-hetero) is 1. The fourth-order valence-electron chi connectivity index (χ4n) is 1.69. The van der Waals surface area contributed by atoms with Crippen LogP contribution in [0, 0.1) is 0 Å². The van der Waals surface area contributed by atoms with E-state index < -0.39 is 4.33 Å². The quantitative estimate of drug-likeness (QED) is 0.578. The number of benzene rings is 1. The highest BCUT2D eigenvalue weighted by Gasteiger charge is 2.29. The Morgan fingerprint density at radius 1 is 1.18 bits per heavy atom. The summed E-state index contributed by atoms with van der Waals surface area (Å²) in [4.78, 5) is 12.2. The molecule has 0 unspecified atom stereocenters. The Bertz CT molecular complexity index is 501. The molecule has 4 heteroatoms. The third-order valence-electron chi connectivity index (χ3n) is 2.41. The summed E-state index contributed by atoms with van der Waals surface area (Å²) >= 11 is 17.9. The van der Waals surface area contributed by atoms with E-state index >= 15 is 0 Å². The molecule has 0 saturated carbocycles. The zero-order chi connectivity index (χ0) is 12.5. The Hall–Kier alpha value is -0.760. The minimum absolute atomic E-state index is 0.0949. The molecule has 1 aromatic carbocycles. The minimum Gasteiger partial charge on any atom is -0.289 e. The van der Waals surface area contributed by atoms with Gasteiger partial charge in [0.15, 0.2) is 5.78 Å². The van der Waals surface area contributed by atoms with E-state index in [2.05, 4.69) is 0 Å². The Kier molecular flexibility index (Phi) is 3.62. The van der Waals surface area contributed by atoms with Crippen molar-refractivity contribution in [1.82, 2.24) is 0 Å². The molecule has 0 aromatic heterocycles. The van der Waals surface area contributed by atoms with Crippen molar-refractivity contribution in [2.75, 3.05) is 0 Å². The molecule has 1 aliphatic carbocycles. The van der Waals surface area contributed by atoms with Gasteiger partial charge in [0.25, 0.3) is 0 Å². The second kappa shape index (κ2) is 4.85. The summed E-state index contributed by atoms with van der Waals surface area (Å²) in [6.45, 7) is 0. The van der Waals surface area contributed by atoms with Gasteiger partial charge >= 0.3 is 0 Å². The van der Waals surface area contributed by atoms with Crippen LogP contribution in [0.4, 0.5) is 0 Å². The van der Waals surface area contributed by atoms with Gasteiger partial charge in [0, 0.05) is 22.6 Å². The van der Waals surface area contributed by atoms with Gasteiger partial charge in [-0.2, -0.15) is 0 Å². The van der Waals surface area contributed by atoms with Gasteiger partial charge in [-0.3, -0.25) is 4.79 Å². The number of alkyl halides is 2. The van der Waals surface area contributed by atoms with E-state index in [0.29, 0.717) is 16.2 Å². The molecule has 0 aliphatic heterocycles. The van der Waals surface area contributed by atoms with Crippen LogP contribution < -0.4 is 0 Å². The van der Waals surface area contributed by atoms with Gasteiger partial charge in [0.1, 0.15) is 4.33 Å². The first-order valence-corrected chi connectivity index (χ1v) is 6.18. The van der Waals surface area contributed by atoms with Gasteiger partial charge in [-0.25, -0.2) is 0 Å². The molecular weight excluding hydrogens is 279 g/mol. The summed E-state index contributed by atoms with van der Waals surface area (Å²) in [5, 5.41) is 0.389. The Morgan fingerprint density at radius 2 is 1.82 bits per heavy atom. The van der Waals surface area contributed by atoms with E-state index in [1.54, 1.807) is 18.2 Å². The number of carbonyl (C=O) groups is 1. The first kappa shape index (κ1) is 12.7. The van der Waals surface area contributed by atoms with Crippen LogP contribution in [0.2, 0.25) is 0 Å². The highest BCUT2D eigenvalue weighted by Crippen LogP contribution is 2.37. The van der Waals surface area contributed by atoms with Crippen molar-refractivity contribution in [1.29, 1.82) is 0 Å². The largest absolute Gasteiger partial charge is 0.289 e. The van der Waals surface area contributed by atoms with E-state index in [1.165, 1.54) is 6.08 Å². The van der Waals surface area contributed by atoms with Gasteiger partial charge < -0.3 is 0 Å². The molecule has 1 aliphatic rings. The summed E-state index contributed by atoms with van der Waals surface area (Å²) in [6.07, 6.45) is 3.40. The molecule has 0 saturated heterocycles. The van der Waals surface area contributed by atoms with Gasteiger partial charge in [0.2, 0.25) is 0 Å². The van der Waals surface area contributed by atoms with Crippen LogP contribution in [0.15, 0.2) is 53.1 Å². The average molecular weight is 288 g/mol. The second-order valence-corrected chi connectivity index (χ2v) is 5.81. The Labute approximate surface area is 115 Å². The van der Waals surface area contributed by atoms with Crippen molar-refractivity contribution in [2.45, 2.75) is 10.8 Å². The number of ketones is 1. The lowest BCUT2D eigenvalue weighted by atomic mass is 9.96. The maximum absolute atomic E-state index is 12.2. The standard InChI is InChI=1S/C13H9Cl3O/c14-11-6-10(7-13(15,16)8-11)12(17)9-4-2-1-3-5-9/h1-6,8H,7H2. The van der Waals surface area contributed by atoms with Crippen LogP contribution in [-0.2, 0) is 0 Å². The van der Waals surface area contributed by atoms with Crippen LogP contribution in [-0.4, -0.2) is 10.1 Å². The third-order valence-corrected chi connectivity index (χ3v) is 3.12. The number of hydrogen-bond acceptors (Lipinski definition) is 1. The Balaban J connectivity index is 2.31. The lowest BCUT2D eigenvalue weighted by Gasteiger charge is -2.21.